The molecular formula is C20H25ClN2O2. The Hall–Kier alpha value is -1.52. The second kappa shape index (κ2) is 6.33. The van der Waals surface area contributed by atoms with E-state index >= 15 is 0 Å². The molecule has 0 amide bonds. The van der Waals surface area contributed by atoms with E-state index in [1.54, 1.807) is 12.3 Å². The van der Waals surface area contributed by atoms with Gasteiger partial charge in [-0.3, -0.25) is 4.79 Å². The number of aromatic amines is 1. The van der Waals surface area contributed by atoms with Crippen LogP contribution in [-0.2, 0) is 0 Å². The van der Waals surface area contributed by atoms with Gasteiger partial charge in [-0.05, 0) is 80.4 Å². The molecule has 1 aromatic heterocycles. The molecule has 0 saturated heterocycles. The standard InChI is InChI=1S/C20H25ClN2O2/c1-12(22)20(14-2-3-14)7-4-15(5-8-20)25-18-10-13-6-9-23-19(24)16(13)11-17(18)21/h6,9-12,14-15H,2-5,7-8,22H2,1H3,(H,23,24)/t12-,15-,20+/m1/s1. The second-order valence-corrected chi connectivity index (χ2v) is 8.20. The Kier molecular flexibility index (Phi) is 4.28. The molecule has 2 saturated carbocycles. The summed E-state index contributed by atoms with van der Waals surface area (Å²) in [4.78, 5) is 14.5. The maximum absolute atomic E-state index is 11.9. The van der Waals surface area contributed by atoms with Gasteiger partial charge in [-0.15, -0.1) is 0 Å². The highest BCUT2D eigenvalue weighted by molar-refractivity contribution is 6.32. The summed E-state index contributed by atoms with van der Waals surface area (Å²) < 4.78 is 6.22. The van der Waals surface area contributed by atoms with Crippen molar-refractivity contribution in [3.8, 4) is 5.75 Å². The number of rotatable bonds is 4. The van der Waals surface area contributed by atoms with Crippen molar-refractivity contribution in [2.24, 2.45) is 17.1 Å². The van der Waals surface area contributed by atoms with Gasteiger partial charge in [-0.2, -0.15) is 0 Å². The molecular weight excluding hydrogens is 336 g/mol. The first-order valence-electron chi connectivity index (χ1n) is 9.23. The van der Waals surface area contributed by atoms with E-state index in [9.17, 15) is 4.79 Å². The van der Waals surface area contributed by atoms with Gasteiger partial charge in [-0.25, -0.2) is 0 Å². The molecule has 0 bridgehead atoms. The van der Waals surface area contributed by atoms with E-state index in [1.165, 1.54) is 12.8 Å². The van der Waals surface area contributed by atoms with E-state index in [0.717, 1.165) is 37.0 Å². The number of pyridine rings is 1. The van der Waals surface area contributed by atoms with E-state index in [1.807, 2.05) is 12.1 Å². The molecule has 1 heterocycles. The van der Waals surface area contributed by atoms with Gasteiger partial charge in [0.15, 0.2) is 0 Å². The van der Waals surface area contributed by atoms with Crippen molar-refractivity contribution in [2.45, 2.75) is 57.6 Å². The number of hydrogen-bond donors (Lipinski definition) is 2. The number of benzene rings is 1. The Morgan fingerprint density at radius 1 is 1.28 bits per heavy atom. The average molecular weight is 361 g/mol. The van der Waals surface area contributed by atoms with Crippen LogP contribution in [0.4, 0.5) is 0 Å². The van der Waals surface area contributed by atoms with E-state index in [0.29, 0.717) is 21.6 Å². The Balaban J connectivity index is 1.51. The van der Waals surface area contributed by atoms with Gasteiger partial charge in [0, 0.05) is 17.6 Å². The van der Waals surface area contributed by atoms with Crippen LogP contribution in [0, 0.1) is 11.3 Å². The van der Waals surface area contributed by atoms with Crippen molar-refractivity contribution >= 4 is 22.4 Å². The minimum atomic E-state index is -0.130. The predicted octanol–water partition coefficient (Wildman–Crippen LogP) is 4.25. The monoisotopic (exact) mass is 360 g/mol. The summed E-state index contributed by atoms with van der Waals surface area (Å²) in [7, 11) is 0. The first-order valence-corrected chi connectivity index (χ1v) is 9.60. The van der Waals surface area contributed by atoms with E-state index in [-0.39, 0.29) is 17.7 Å². The molecule has 1 aromatic carbocycles. The van der Waals surface area contributed by atoms with E-state index < -0.39 is 0 Å². The van der Waals surface area contributed by atoms with Gasteiger partial charge in [0.1, 0.15) is 5.75 Å². The minimum Gasteiger partial charge on any atom is -0.489 e. The van der Waals surface area contributed by atoms with Gasteiger partial charge < -0.3 is 15.5 Å². The summed E-state index contributed by atoms with van der Waals surface area (Å²) >= 11 is 6.36. The van der Waals surface area contributed by atoms with Crippen LogP contribution in [0.2, 0.25) is 5.02 Å². The SMILES string of the molecule is C[C@@H](N)[C@]1(C2CC2)CC[C@@H](Oc2cc3cc[nH]c(=O)c3cc2Cl)CC1. The molecule has 5 heteroatoms. The fourth-order valence-corrected chi connectivity index (χ4v) is 4.81. The smallest absolute Gasteiger partial charge is 0.255 e. The van der Waals surface area contributed by atoms with Crippen LogP contribution < -0.4 is 16.0 Å². The normalized spacial score (nSPS) is 28.0. The van der Waals surface area contributed by atoms with Crippen molar-refractivity contribution in [2.75, 3.05) is 0 Å². The van der Waals surface area contributed by atoms with Crippen molar-refractivity contribution in [3.63, 3.8) is 0 Å². The molecule has 1 atom stereocenters. The lowest BCUT2D eigenvalue weighted by molar-refractivity contribution is 0.0489. The number of ether oxygens (including phenoxy) is 1. The van der Waals surface area contributed by atoms with E-state index in [2.05, 4.69) is 11.9 Å². The molecule has 2 aliphatic carbocycles. The predicted molar refractivity (Wildman–Crippen MR) is 101 cm³/mol. The maximum atomic E-state index is 11.9. The number of halogens is 1. The fraction of sp³-hybridized carbons (Fsp3) is 0.550. The molecule has 4 rings (SSSR count). The molecule has 4 nitrogen and oxygen atoms in total. The maximum Gasteiger partial charge on any atom is 0.255 e. The molecule has 2 fully saturated rings. The van der Waals surface area contributed by atoms with Gasteiger partial charge in [0.25, 0.3) is 5.56 Å². The second-order valence-electron chi connectivity index (χ2n) is 7.79. The molecule has 0 radical (unpaired) electrons. The Morgan fingerprint density at radius 2 is 2.00 bits per heavy atom. The third-order valence-electron chi connectivity index (χ3n) is 6.28. The van der Waals surface area contributed by atoms with Crippen LogP contribution in [-0.4, -0.2) is 17.1 Å². The Labute approximate surface area is 152 Å². The molecule has 2 aliphatic rings. The summed E-state index contributed by atoms with van der Waals surface area (Å²) in [5.41, 5.74) is 6.52. The number of aromatic nitrogens is 1. The largest absolute Gasteiger partial charge is 0.489 e. The minimum absolute atomic E-state index is 0.130. The molecule has 0 unspecified atom stereocenters. The van der Waals surface area contributed by atoms with Crippen LogP contribution in [0.5, 0.6) is 5.75 Å². The van der Waals surface area contributed by atoms with Crippen molar-refractivity contribution in [3.05, 3.63) is 39.8 Å². The topological polar surface area (TPSA) is 68.1 Å². The quantitative estimate of drug-likeness (QED) is 0.856. The summed E-state index contributed by atoms with van der Waals surface area (Å²) in [6.07, 6.45) is 8.77. The molecule has 134 valence electrons. The molecule has 25 heavy (non-hydrogen) atoms. The Morgan fingerprint density at radius 3 is 2.64 bits per heavy atom. The highest BCUT2D eigenvalue weighted by atomic mass is 35.5. The highest BCUT2D eigenvalue weighted by Crippen LogP contribution is 2.55. The van der Waals surface area contributed by atoms with Crippen molar-refractivity contribution < 1.29 is 4.74 Å². The fourth-order valence-electron chi connectivity index (χ4n) is 4.60. The summed E-state index contributed by atoms with van der Waals surface area (Å²) in [6, 6.07) is 5.69. The van der Waals surface area contributed by atoms with E-state index in [4.69, 9.17) is 22.1 Å². The molecule has 3 N–H and O–H groups in total. The number of hydrogen-bond acceptors (Lipinski definition) is 3. The number of nitrogens with one attached hydrogen (secondary N) is 1. The third-order valence-corrected chi connectivity index (χ3v) is 6.58. The Bertz CT molecular complexity index is 829. The van der Waals surface area contributed by atoms with Gasteiger partial charge >= 0.3 is 0 Å². The lowest BCUT2D eigenvalue weighted by Gasteiger charge is -2.43. The summed E-state index contributed by atoms with van der Waals surface area (Å²) in [5, 5.41) is 1.94. The van der Waals surface area contributed by atoms with Crippen LogP contribution in [0.25, 0.3) is 10.8 Å². The third kappa shape index (κ3) is 3.06. The van der Waals surface area contributed by atoms with Crippen LogP contribution in [0.15, 0.2) is 29.2 Å². The van der Waals surface area contributed by atoms with Gasteiger partial charge in [0.2, 0.25) is 0 Å². The first-order chi connectivity index (χ1) is 12.0. The zero-order chi connectivity index (χ0) is 17.6. The zero-order valence-corrected chi connectivity index (χ0v) is 15.3. The number of nitrogens with two attached hydrogens (primary N) is 1. The highest BCUT2D eigenvalue weighted by Gasteiger charge is 2.49. The molecule has 2 aromatic rings. The number of H-pyrrole nitrogens is 1. The van der Waals surface area contributed by atoms with Crippen LogP contribution >= 0.6 is 11.6 Å². The van der Waals surface area contributed by atoms with Gasteiger partial charge in [0.05, 0.1) is 11.1 Å². The first kappa shape index (κ1) is 16.9. The molecule has 0 aliphatic heterocycles. The lowest BCUT2D eigenvalue weighted by Crippen LogP contribution is -2.45. The average Bonchev–Trinajstić information content (AvgIpc) is 3.42. The molecule has 0 spiro atoms. The van der Waals surface area contributed by atoms with Crippen LogP contribution in [0.3, 0.4) is 0 Å². The van der Waals surface area contributed by atoms with Crippen molar-refractivity contribution in [1.82, 2.24) is 4.98 Å². The lowest BCUT2D eigenvalue weighted by atomic mass is 9.66. The summed E-state index contributed by atoms with van der Waals surface area (Å²) in [6.45, 7) is 2.16. The zero-order valence-electron chi connectivity index (χ0n) is 14.6. The van der Waals surface area contributed by atoms with Crippen molar-refractivity contribution in [1.29, 1.82) is 0 Å². The van der Waals surface area contributed by atoms with Gasteiger partial charge in [-0.1, -0.05) is 11.6 Å². The summed E-state index contributed by atoms with van der Waals surface area (Å²) in [5.74, 6) is 1.48. The van der Waals surface area contributed by atoms with Crippen LogP contribution in [0.1, 0.15) is 45.4 Å². The number of fused-ring (bicyclic) bond motifs is 1.